The monoisotopic (exact) mass is 304 g/mol. The Bertz CT molecular complexity index is 363. The fourth-order valence-electron chi connectivity index (χ4n) is 2.23. The Morgan fingerprint density at radius 2 is 1.90 bits per heavy atom. The lowest BCUT2D eigenvalue weighted by atomic mass is 9.97. The highest BCUT2D eigenvalue weighted by Crippen LogP contribution is 2.11. The minimum absolute atomic E-state index is 0.0427. The van der Waals surface area contributed by atoms with Gasteiger partial charge in [-0.25, -0.2) is 4.79 Å². The number of carboxylic acid groups (broad SMARTS) is 1. The molecular weight excluding hydrogens is 280 g/mol. The van der Waals surface area contributed by atoms with Gasteiger partial charge >= 0.3 is 12.0 Å². The van der Waals surface area contributed by atoms with Gasteiger partial charge < -0.3 is 15.7 Å². The average molecular weight is 304 g/mol. The molecule has 20 heavy (non-hydrogen) atoms. The van der Waals surface area contributed by atoms with Crippen LogP contribution in [-0.4, -0.2) is 45.4 Å². The molecule has 0 aromatic carbocycles. The molecule has 1 rings (SSSR count). The summed E-state index contributed by atoms with van der Waals surface area (Å²) < 4.78 is 11.2. The Hall–Kier alpha value is -1.11. The van der Waals surface area contributed by atoms with Crippen molar-refractivity contribution in [3.63, 3.8) is 0 Å². The first-order chi connectivity index (χ1) is 9.38. The first kappa shape index (κ1) is 16.9. The number of nitrogens with one attached hydrogen (secondary N) is 2. The van der Waals surface area contributed by atoms with Gasteiger partial charge in [0, 0.05) is 34.9 Å². The third-order valence-corrected chi connectivity index (χ3v) is 4.72. The highest BCUT2D eigenvalue weighted by Gasteiger charge is 2.22. The fraction of sp³-hybridized carbons (Fsp3) is 0.846. The van der Waals surface area contributed by atoms with E-state index in [4.69, 9.17) is 5.11 Å². The molecule has 0 saturated carbocycles. The maximum atomic E-state index is 11.7. The van der Waals surface area contributed by atoms with E-state index in [0.717, 1.165) is 0 Å². The van der Waals surface area contributed by atoms with Crippen LogP contribution in [0, 0.1) is 11.8 Å². The topological polar surface area (TPSA) is 95.5 Å². The van der Waals surface area contributed by atoms with E-state index in [1.807, 2.05) is 13.8 Å². The smallest absolute Gasteiger partial charge is 0.315 e. The zero-order chi connectivity index (χ0) is 15.1. The molecule has 7 heteroatoms. The number of urea groups is 1. The zero-order valence-corrected chi connectivity index (χ0v) is 12.9. The van der Waals surface area contributed by atoms with Crippen LogP contribution in [0.1, 0.15) is 33.1 Å². The maximum Gasteiger partial charge on any atom is 0.315 e. The SMILES string of the molecule is CC(C)CC(CNC(=O)NC1CCS(=O)CC1)C(=O)O. The van der Waals surface area contributed by atoms with E-state index in [1.54, 1.807) is 0 Å². The molecule has 116 valence electrons. The van der Waals surface area contributed by atoms with E-state index in [9.17, 15) is 13.8 Å². The molecule has 0 spiro atoms. The van der Waals surface area contributed by atoms with Crippen LogP contribution >= 0.6 is 0 Å². The van der Waals surface area contributed by atoms with Gasteiger partial charge in [-0.05, 0) is 25.2 Å². The lowest BCUT2D eigenvalue weighted by Crippen LogP contribution is -2.46. The van der Waals surface area contributed by atoms with Gasteiger partial charge in [0.15, 0.2) is 0 Å². The van der Waals surface area contributed by atoms with Crippen LogP contribution in [-0.2, 0) is 15.6 Å². The molecule has 1 unspecified atom stereocenters. The van der Waals surface area contributed by atoms with E-state index in [1.165, 1.54) is 0 Å². The number of hydrogen-bond acceptors (Lipinski definition) is 3. The third kappa shape index (κ3) is 6.36. The molecule has 0 aromatic rings. The number of rotatable bonds is 6. The molecule has 1 aliphatic heterocycles. The minimum atomic E-state index is -0.882. The van der Waals surface area contributed by atoms with Crippen molar-refractivity contribution >= 4 is 22.8 Å². The molecular formula is C13H24N2O4S. The van der Waals surface area contributed by atoms with Crippen LogP contribution in [0.5, 0.6) is 0 Å². The molecule has 1 fully saturated rings. The number of hydrogen-bond donors (Lipinski definition) is 3. The summed E-state index contributed by atoms with van der Waals surface area (Å²) >= 11 is 0. The predicted molar refractivity (Wildman–Crippen MR) is 78.0 cm³/mol. The number of amides is 2. The predicted octanol–water partition coefficient (Wildman–Crippen LogP) is 0.944. The van der Waals surface area contributed by atoms with Crippen molar-refractivity contribution in [1.29, 1.82) is 0 Å². The van der Waals surface area contributed by atoms with Crippen molar-refractivity contribution in [2.75, 3.05) is 18.1 Å². The number of aliphatic carboxylic acids is 1. The molecule has 0 radical (unpaired) electrons. The molecule has 1 heterocycles. The van der Waals surface area contributed by atoms with Crippen molar-refractivity contribution in [3.05, 3.63) is 0 Å². The van der Waals surface area contributed by atoms with Crippen molar-refractivity contribution in [3.8, 4) is 0 Å². The third-order valence-electron chi connectivity index (χ3n) is 3.34. The number of carbonyl (C=O) groups is 2. The van der Waals surface area contributed by atoms with E-state index in [2.05, 4.69) is 10.6 Å². The highest BCUT2D eigenvalue weighted by atomic mass is 32.2. The summed E-state index contributed by atoms with van der Waals surface area (Å²) in [5.74, 6) is 0.0764. The second-order valence-electron chi connectivity index (χ2n) is 5.64. The summed E-state index contributed by atoms with van der Waals surface area (Å²) in [6, 6.07) is -0.293. The molecule has 1 saturated heterocycles. The van der Waals surface area contributed by atoms with Gasteiger partial charge in [-0.3, -0.25) is 9.00 Å². The standard InChI is InChI=1S/C13H24N2O4S/c1-9(2)7-10(12(16)17)8-14-13(18)15-11-3-5-20(19)6-4-11/h9-11H,3-8H2,1-2H3,(H,16,17)(H2,14,15,18). The zero-order valence-electron chi connectivity index (χ0n) is 12.1. The average Bonchev–Trinajstić information content (AvgIpc) is 2.36. The van der Waals surface area contributed by atoms with Crippen LogP contribution in [0.15, 0.2) is 0 Å². The Labute approximate surface area is 122 Å². The maximum absolute atomic E-state index is 11.7. The lowest BCUT2D eigenvalue weighted by Gasteiger charge is -2.23. The molecule has 0 aliphatic carbocycles. The molecule has 0 bridgehead atoms. The van der Waals surface area contributed by atoms with Crippen molar-refractivity contribution in [1.82, 2.24) is 10.6 Å². The van der Waals surface area contributed by atoms with E-state index < -0.39 is 22.7 Å². The first-order valence-electron chi connectivity index (χ1n) is 7.00. The summed E-state index contributed by atoms with van der Waals surface area (Å²) in [6.45, 7) is 4.05. The Morgan fingerprint density at radius 1 is 1.30 bits per heavy atom. The Morgan fingerprint density at radius 3 is 2.40 bits per heavy atom. The molecule has 0 aromatic heterocycles. The second kappa shape index (κ2) is 8.24. The Balaban J connectivity index is 2.30. The molecule has 2 amide bonds. The molecule has 1 atom stereocenters. The summed E-state index contributed by atoms with van der Waals surface area (Å²) in [6.07, 6.45) is 1.97. The lowest BCUT2D eigenvalue weighted by molar-refractivity contribution is -0.142. The van der Waals surface area contributed by atoms with Gasteiger partial charge in [0.25, 0.3) is 0 Å². The van der Waals surface area contributed by atoms with Crippen LogP contribution in [0.25, 0.3) is 0 Å². The molecule has 6 nitrogen and oxygen atoms in total. The highest BCUT2D eigenvalue weighted by molar-refractivity contribution is 7.85. The van der Waals surface area contributed by atoms with Crippen LogP contribution in [0.2, 0.25) is 0 Å². The van der Waals surface area contributed by atoms with Gasteiger partial charge in [-0.15, -0.1) is 0 Å². The summed E-state index contributed by atoms with van der Waals surface area (Å²) in [7, 11) is -0.749. The van der Waals surface area contributed by atoms with Crippen LogP contribution in [0.4, 0.5) is 4.79 Å². The quantitative estimate of drug-likeness (QED) is 0.680. The van der Waals surface area contributed by atoms with E-state index >= 15 is 0 Å². The van der Waals surface area contributed by atoms with Crippen LogP contribution < -0.4 is 10.6 Å². The van der Waals surface area contributed by atoms with Gasteiger partial charge in [-0.1, -0.05) is 13.8 Å². The normalized spacial score (nSPS) is 24.1. The van der Waals surface area contributed by atoms with Gasteiger partial charge in [0.2, 0.25) is 0 Å². The summed E-state index contributed by atoms with van der Waals surface area (Å²) in [5.41, 5.74) is 0. The Kier molecular flexibility index (Phi) is 6.98. The van der Waals surface area contributed by atoms with Gasteiger partial charge in [0.1, 0.15) is 0 Å². The number of carbonyl (C=O) groups excluding carboxylic acids is 1. The van der Waals surface area contributed by atoms with Crippen molar-refractivity contribution in [2.24, 2.45) is 11.8 Å². The first-order valence-corrected chi connectivity index (χ1v) is 8.49. The van der Waals surface area contributed by atoms with E-state index in [0.29, 0.717) is 30.8 Å². The molecule has 1 aliphatic rings. The number of carboxylic acids is 1. The van der Waals surface area contributed by atoms with Gasteiger partial charge in [-0.2, -0.15) is 0 Å². The fourth-order valence-corrected chi connectivity index (χ4v) is 3.53. The van der Waals surface area contributed by atoms with Crippen molar-refractivity contribution in [2.45, 2.75) is 39.2 Å². The summed E-state index contributed by atoms with van der Waals surface area (Å²) in [5, 5.41) is 14.5. The minimum Gasteiger partial charge on any atom is -0.481 e. The second-order valence-corrected chi connectivity index (χ2v) is 7.34. The van der Waals surface area contributed by atoms with Crippen LogP contribution in [0.3, 0.4) is 0 Å². The van der Waals surface area contributed by atoms with E-state index in [-0.39, 0.29) is 24.5 Å². The van der Waals surface area contributed by atoms with Crippen molar-refractivity contribution < 1.29 is 18.9 Å². The molecule has 3 N–H and O–H groups in total. The van der Waals surface area contributed by atoms with Gasteiger partial charge in [0.05, 0.1) is 5.92 Å². The largest absolute Gasteiger partial charge is 0.481 e. The summed E-state index contributed by atoms with van der Waals surface area (Å²) in [4.78, 5) is 22.8.